The summed E-state index contributed by atoms with van der Waals surface area (Å²) in [4.78, 5) is 0. The first-order valence-corrected chi connectivity index (χ1v) is 7.55. The Bertz CT molecular complexity index is 770. The zero-order chi connectivity index (χ0) is 16.1. The van der Waals surface area contributed by atoms with Gasteiger partial charge in [0.05, 0.1) is 11.3 Å². The van der Waals surface area contributed by atoms with Crippen LogP contribution in [0.2, 0.25) is 0 Å². The van der Waals surface area contributed by atoms with E-state index in [1.54, 1.807) is 19.2 Å². The third kappa shape index (κ3) is 3.29. The van der Waals surface area contributed by atoms with E-state index in [4.69, 9.17) is 4.74 Å². The number of hydrogen-bond donors (Lipinski definition) is 2. The minimum atomic E-state index is 0.207. The molecular weight excluding hydrogens is 286 g/mol. The first-order chi connectivity index (χ1) is 11.3. The van der Waals surface area contributed by atoms with Gasteiger partial charge in [-0.05, 0) is 23.3 Å². The van der Waals surface area contributed by atoms with E-state index in [1.165, 1.54) is 0 Å². The minimum absolute atomic E-state index is 0.207. The van der Waals surface area contributed by atoms with E-state index in [2.05, 4.69) is 5.32 Å². The highest BCUT2D eigenvalue weighted by Crippen LogP contribution is 2.42. The fraction of sp³-hybridized carbons (Fsp3) is 0.100. The predicted octanol–water partition coefficient (Wildman–Crippen LogP) is 4.68. The summed E-state index contributed by atoms with van der Waals surface area (Å²) in [7, 11) is 1.79. The standard InChI is InChI=1S/C20H19NO2/c1-21-20-17(22)12-13-18(19(20)16-10-6-3-7-11-16)23-14-15-8-4-2-5-9-15/h2-13,21-22H,14H2,1H3. The molecule has 0 fully saturated rings. The molecule has 3 nitrogen and oxygen atoms in total. The van der Waals surface area contributed by atoms with Crippen LogP contribution in [0.25, 0.3) is 11.1 Å². The number of ether oxygens (including phenoxy) is 1. The lowest BCUT2D eigenvalue weighted by Gasteiger charge is -2.17. The van der Waals surface area contributed by atoms with Gasteiger partial charge in [0.25, 0.3) is 0 Å². The van der Waals surface area contributed by atoms with Gasteiger partial charge >= 0.3 is 0 Å². The molecule has 0 amide bonds. The van der Waals surface area contributed by atoms with Gasteiger partial charge in [-0.25, -0.2) is 0 Å². The van der Waals surface area contributed by atoms with Crippen molar-refractivity contribution in [3.63, 3.8) is 0 Å². The van der Waals surface area contributed by atoms with Crippen LogP contribution in [0.3, 0.4) is 0 Å². The van der Waals surface area contributed by atoms with Crippen LogP contribution in [0.15, 0.2) is 72.8 Å². The summed E-state index contributed by atoms with van der Waals surface area (Å²) in [5.41, 5.74) is 3.63. The van der Waals surface area contributed by atoms with Crippen molar-refractivity contribution in [2.45, 2.75) is 6.61 Å². The van der Waals surface area contributed by atoms with Gasteiger partial charge in [0.2, 0.25) is 0 Å². The number of nitrogens with one attached hydrogen (secondary N) is 1. The molecule has 0 heterocycles. The summed E-state index contributed by atoms with van der Waals surface area (Å²) in [5.74, 6) is 0.945. The van der Waals surface area contributed by atoms with Crippen LogP contribution < -0.4 is 10.1 Å². The van der Waals surface area contributed by atoms with Crippen LogP contribution in [-0.2, 0) is 6.61 Å². The second-order valence-electron chi connectivity index (χ2n) is 5.22. The Morgan fingerprint density at radius 1 is 0.870 bits per heavy atom. The molecule has 2 N–H and O–H groups in total. The number of phenols is 1. The van der Waals surface area contributed by atoms with Crippen LogP contribution in [0.5, 0.6) is 11.5 Å². The van der Waals surface area contributed by atoms with Gasteiger partial charge in [0.15, 0.2) is 0 Å². The Morgan fingerprint density at radius 3 is 2.17 bits per heavy atom. The maximum Gasteiger partial charge on any atom is 0.139 e. The number of aromatic hydroxyl groups is 1. The fourth-order valence-electron chi connectivity index (χ4n) is 2.57. The zero-order valence-electron chi connectivity index (χ0n) is 13.0. The van der Waals surface area contributed by atoms with Gasteiger partial charge in [0.1, 0.15) is 18.1 Å². The summed E-state index contributed by atoms with van der Waals surface area (Å²) in [6, 6.07) is 23.4. The van der Waals surface area contributed by atoms with E-state index in [0.717, 1.165) is 22.4 Å². The maximum atomic E-state index is 10.1. The van der Waals surface area contributed by atoms with Crippen molar-refractivity contribution in [2.24, 2.45) is 0 Å². The third-order valence-corrected chi connectivity index (χ3v) is 3.69. The highest BCUT2D eigenvalue weighted by Gasteiger charge is 2.15. The Morgan fingerprint density at radius 2 is 1.52 bits per heavy atom. The second-order valence-corrected chi connectivity index (χ2v) is 5.22. The predicted molar refractivity (Wildman–Crippen MR) is 93.9 cm³/mol. The topological polar surface area (TPSA) is 41.5 Å². The zero-order valence-corrected chi connectivity index (χ0v) is 13.0. The van der Waals surface area contributed by atoms with Crippen molar-refractivity contribution in [3.05, 3.63) is 78.4 Å². The van der Waals surface area contributed by atoms with E-state index < -0.39 is 0 Å². The average molecular weight is 305 g/mol. The van der Waals surface area contributed by atoms with Crippen LogP contribution in [-0.4, -0.2) is 12.2 Å². The van der Waals surface area contributed by atoms with Crippen LogP contribution in [0, 0.1) is 0 Å². The van der Waals surface area contributed by atoms with Crippen molar-refractivity contribution in [1.29, 1.82) is 0 Å². The van der Waals surface area contributed by atoms with E-state index in [9.17, 15) is 5.11 Å². The number of anilines is 1. The molecule has 0 saturated heterocycles. The molecular formula is C20H19NO2. The van der Waals surface area contributed by atoms with E-state index in [0.29, 0.717) is 12.3 Å². The quantitative estimate of drug-likeness (QED) is 0.672. The lowest BCUT2D eigenvalue weighted by molar-refractivity contribution is 0.307. The van der Waals surface area contributed by atoms with Crippen LogP contribution in [0.4, 0.5) is 5.69 Å². The highest BCUT2D eigenvalue weighted by atomic mass is 16.5. The van der Waals surface area contributed by atoms with Gasteiger partial charge in [-0.1, -0.05) is 60.7 Å². The van der Waals surface area contributed by atoms with Gasteiger partial charge in [-0.15, -0.1) is 0 Å². The smallest absolute Gasteiger partial charge is 0.139 e. The maximum absolute atomic E-state index is 10.1. The molecule has 116 valence electrons. The van der Waals surface area contributed by atoms with E-state index in [-0.39, 0.29) is 5.75 Å². The van der Waals surface area contributed by atoms with Crippen molar-refractivity contribution in [2.75, 3.05) is 12.4 Å². The molecule has 23 heavy (non-hydrogen) atoms. The van der Waals surface area contributed by atoms with Crippen molar-refractivity contribution in [3.8, 4) is 22.6 Å². The molecule has 0 aliphatic heterocycles. The van der Waals surface area contributed by atoms with Gasteiger partial charge in [-0.3, -0.25) is 0 Å². The normalized spacial score (nSPS) is 10.3. The molecule has 3 aromatic rings. The number of rotatable bonds is 5. The van der Waals surface area contributed by atoms with Crippen molar-refractivity contribution < 1.29 is 9.84 Å². The molecule has 3 rings (SSSR count). The largest absolute Gasteiger partial charge is 0.506 e. The summed E-state index contributed by atoms with van der Waals surface area (Å²) in [6.07, 6.45) is 0. The molecule has 0 aliphatic carbocycles. The lowest BCUT2D eigenvalue weighted by Crippen LogP contribution is -2.00. The monoisotopic (exact) mass is 305 g/mol. The van der Waals surface area contributed by atoms with Crippen molar-refractivity contribution in [1.82, 2.24) is 0 Å². The molecule has 0 unspecified atom stereocenters. The molecule has 3 aromatic carbocycles. The highest BCUT2D eigenvalue weighted by molar-refractivity contribution is 5.86. The molecule has 0 atom stereocenters. The Balaban J connectivity index is 1.99. The molecule has 0 radical (unpaired) electrons. The summed E-state index contributed by atoms with van der Waals surface area (Å²) in [6.45, 7) is 0.481. The summed E-state index contributed by atoms with van der Waals surface area (Å²) in [5, 5.41) is 13.2. The first-order valence-electron chi connectivity index (χ1n) is 7.55. The summed E-state index contributed by atoms with van der Waals surface area (Å²) >= 11 is 0. The first kappa shape index (κ1) is 15.0. The Hall–Kier alpha value is -2.94. The van der Waals surface area contributed by atoms with Gasteiger partial charge in [-0.2, -0.15) is 0 Å². The molecule has 0 aromatic heterocycles. The van der Waals surface area contributed by atoms with Gasteiger partial charge < -0.3 is 15.2 Å². The van der Waals surface area contributed by atoms with Gasteiger partial charge in [0, 0.05) is 7.05 Å². The van der Waals surface area contributed by atoms with E-state index in [1.807, 2.05) is 60.7 Å². The third-order valence-electron chi connectivity index (χ3n) is 3.69. The average Bonchev–Trinajstić information content (AvgIpc) is 2.62. The lowest BCUT2D eigenvalue weighted by atomic mass is 10.0. The Labute approximate surface area is 136 Å². The second kappa shape index (κ2) is 6.88. The van der Waals surface area contributed by atoms with Crippen LogP contribution in [0.1, 0.15) is 5.56 Å². The molecule has 3 heteroatoms. The SMILES string of the molecule is CNc1c(O)ccc(OCc2ccccc2)c1-c1ccccc1. The van der Waals surface area contributed by atoms with E-state index >= 15 is 0 Å². The molecule has 0 saturated carbocycles. The molecule has 0 bridgehead atoms. The number of hydrogen-bond acceptors (Lipinski definition) is 3. The summed E-state index contributed by atoms with van der Waals surface area (Å²) < 4.78 is 6.02. The number of phenolic OH excluding ortho intramolecular Hbond substituents is 1. The number of benzene rings is 3. The van der Waals surface area contributed by atoms with Crippen molar-refractivity contribution >= 4 is 5.69 Å². The Kier molecular flexibility index (Phi) is 4.48. The molecule has 0 aliphatic rings. The fourth-order valence-corrected chi connectivity index (χ4v) is 2.57. The van der Waals surface area contributed by atoms with Crippen LogP contribution >= 0.6 is 0 Å². The minimum Gasteiger partial charge on any atom is -0.506 e. The molecule has 0 spiro atoms.